The van der Waals surface area contributed by atoms with Crippen LogP contribution in [0.25, 0.3) is 11.0 Å². The lowest BCUT2D eigenvalue weighted by molar-refractivity contribution is -0.142. The summed E-state index contributed by atoms with van der Waals surface area (Å²) in [7, 11) is 3.38. The first-order valence-corrected chi connectivity index (χ1v) is 5.66. The lowest BCUT2D eigenvalue weighted by atomic mass is 9.84. The Bertz CT molecular complexity index is 692. The molecule has 2 aromatic rings. The summed E-state index contributed by atoms with van der Waals surface area (Å²) in [4.78, 5) is 23.0. The van der Waals surface area contributed by atoms with E-state index >= 15 is 0 Å². The van der Waals surface area contributed by atoms with Crippen LogP contribution in [0.15, 0.2) is 23.0 Å². The van der Waals surface area contributed by atoms with Gasteiger partial charge >= 0.3 is 11.7 Å². The normalized spacial score (nSPS) is 12.0. The lowest BCUT2D eigenvalue weighted by Gasteiger charge is -2.19. The van der Waals surface area contributed by atoms with Crippen molar-refractivity contribution in [2.45, 2.75) is 19.3 Å². The van der Waals surface area contributed by atoms with Crippen LogP contribution in [-0.4, -0.2) is 20.2 Å². The summed E-state index contributed by atoms with van der Waals surface area (Å²) >= 11 is 0. The Morgan fingerprint density at radius 2 is 1.72 bits per heavy atom. The largest absolute Gasteiger partial charge is 0.481 e. The molecule has 1 N–H and O–H groups in total. The summed E-state index contributed by atoms with van der Waals surface area (Å²) in [6.07, 6.45) is 0. The van der Waals surface area contributed by atoms with E-state index < -0.39 is 11.4 Å². The molecule has 2 rings (SSSR count). The SMILES string of the molecule is Cn1c(=O)n(C)c2cc(C(C)(C)C(=O)O)ccc21. The van der Waals surface area contributed by atoms with E-state index in [2.05, 4.69) is 0 Å². The molecule has 18 heavy (non-hydrogen) atoms. The Hall–Kier alpha value is -2.04. The molecule has 0 bridgehead atoms. The monoisotopic (exact) mass is 248 g/mol. The quantitative estimate of drug-likeness (QED) is 0.869. The average molecular weight is 248 g/mol. The fourth-order valence-corrected chi connectivity index (χ4v) is 2.02. The van der Waals surface area contributed by atoms with Gasteiger partial charge in [-0.15, -0.1) is 0 Å². The number of benzene rings is 1. The number of aryl methyl sites for hydroxylation is 2. The van der Waals surface area contributed by atoms with Gasteiger partial charge in [-0.25, -0.2) is 4.79 Å². The van der Waals surface area contributed by atoms with Crippen molar-refractivity contribution in [3.8, 4) is 0 Å². The van der Waals surface area contributed by atoms with E-state index in [-0.39, 0.29) is 5.69 Å². The van der Waals surface area contributed by atoms with Gasteiger partial charge in [0.2, 0.25) is 0 Å². The minimum atomic E-state index is -0.972. The maximum absolute atomic E-state index is 11.8. The Balaban J connectivity index is 2.76. The Morgan fingerprint density at radius 1 is 1.17 bits per heavy atom. The molecule has 0 fully saturated rings. The molecule has 0 unspecified atom stereocenters. The molecule has 0 atom stereocenters. The Morgan fingerprint density at radius 3 is 2.28 bits per heavy atom. The van der Waals surface area contributed by atoms with Crippen LogP contribution in [0.5, 0.6) is 0 Å². The van der Waals surface area contributed by atoms with Crippen molar-refractivity contribution in [1.29, 1.82) is 0 Å². The van der Waals surface area contributed by atoms with Crippen molar-refractivity contribution >= 4 is 17.0 Å². The van der Waals surface area contributed by atoms with E-state index in [9.17, 15) is 14.7 Å². The van der Waals surface area contributed by atoms with E-state index in [0.29, 0.717) is 5.56 Å². The first-order valence-electron chi connectivity index (χ1n) is 5.66. The first kappa shape index (κ1) is 12.4. The van der Waals surface area contributed by atoms with Gasteiger partial charge in [0.25, 0.3) is 0 Å². The highest BCUT2D eigenvalue weighted by molar-refractivity contribution is 5.84. The fraction of sp³-hybridized carbons (Fsp3) is 0.385. The summed E-state index contributed by atoms with van der Waals surface area (Å²) in [6, 6.07) is 5.32. The van der Waals surface area contributed by atoms with Gasteiger partial charge in [0, 0.05) is 14.1 Å². The molecule has 96 valence electrons. The average Bonchev–Trinajstić information content (AvgIpc) is 2.54. The molecular weight excluding hydrogens is 232 g/mol. The van der Waals surface area contributed by atoms with Gasteiger partial charge < -0.3 is 5.11 Å². The van der Waals surface area contributed by atoms with E-state index in [1.807, 2.05) is 0 Å². The third-order valence-corrected chi connectivity index (χ3v) is 3.53. The highest BCUT2D eigenvalue weighted by Crippen LogP contribution is 2.26. The second-order valence-electron chi connectivity index (χ2n) is 5.03. The van der Waals surface area contributed by atoms with Crippen LogP contribution >= 0.6 is 0 Å². The zero-order valence-corrected chi connectivity index (χ0v) is 10.9. The number of hydrogen-bond acceptors (Lipinski definition) is 2. The van der Waals surface area contributed by atoms with Crippen LogP contribution in [0.1, 0.15) is 19.4 Å². The summed E-state index contributed by atoms with van der Waals surface area (Å²) in [5, 5.41) is 9.22. The highest BCUT2D eigenvalue weighted by atomic mass is 16.4. The van der Waals surface area contributed by atoms with Gasteiger partial charge in [0.1, 0.15) is 0 Å². The molecule has 1 heterocycles. The first-order chi connectivity index (χ1) is 8.26. The molecule has 1 aromatic carbocycles. The van der Waals surface area contributed by atoms with Crippen LogP contribution in [0.4, 0.5) is 0 Å². The highest BCUT2D eigenvalue weighted by Gasteiger charge is 2.30. The van der Waals surface area contributed by atoms with Crippen molar-refractivity contribution in [3.05, 3.63) is 34.2 Å². The minimum absolute atomic E-state index is 0.115. The third-order valence-electron chi connectivity index (χ3n) is 3.53. The van der Waals surface area contributed by atoms with E-state index in [1.54, 1.807) is 50.7 Å². The van der Waals surface area contributed by atoms with Gasteiger partial charge in [-0.05, 0) is 31.5 Å². The maximum atomic E-state index is 11.8. The summed E-state index contributed by atoms with van der Waals surface area (Å²) in [5.41, 5.74) is 1.14. The van der Waals surface area contributed by atoms with Crippen LogP contribution < -0.4 is 5.69 Å². The molecule has 0 aliphatic heterocycles. The van der Waals surface area contributed by atoms with Crippen LogP contribution in [0.3, 0.4) is 0 Å². The molecule has 0 amide bonds. The van der Waals surface area contributed by atoms with Crippen LogP contribution in [0.2, 0.25) is 0 Å². The van der Waals surface area contributed by atoms with E-state index in [0.717, 1.165) is 11.0 Å². The molecule has 0 aliphatic rings. The minimum Gasteiger partial charge on any atom is -0.481 e. The number of rotatable bonds is 2. The summed E-state index contributed by atoms with van der Waals surface area (Å²) < 4.78 is 3.07. The van der Waals surface area contributed by atoms with Gasteiger partial charge in [-0.1, -0.05) is 6.07 Å². The standard InChI is InChI=1S/C13H16N2O3/c1-13(2,11(16)17)8-5-6-9-10(7-8)15(4)12(18)14(9)3/h5-7H,1-4H3,(H,16,17). The van der Waals surface area contributed by atoms with Gasteiger partial charge in [0.05, 0.1) is 16.4 Å². The molecule has 1 aromatic heterocycles. The number of nitrogens with zero attached hydrogens (tertiary/aromatic N) is 2. The zero-order chi connectivity index (χ0) is 13.7. The van der Waals surface area contributed by atoms with Crippen molar-refractivity contribution in [2.75, 3.05) is 0 Å². The molecular formula is C13H16N2O3. The van der Waals surface area contributed by atoms with Crippen molar-refractivity contribution < 1.29 is 9.90 Å². The number of hydrogen-bond donors (Lipinski definition) is 1. The van der Waals surface area contributed by atoms with Crippen molar-refractivity contribution in [1.82, 2.24) is 9.13 Å². The third kappa shape index (κ3) is 1.54. The molecule has 5 nitrogen and oxygen atoms in total. The van der Waals surface area contributed by atoms with Crippen molar-refractivity contribution in [2.24, 2.45) is 14.1 Å². The number of imidazole rings is 1. The summed E-state index contributed by atoms with van der Waals surface area (Å²) in [5.74, 6) is -0.886. The fourth-order valence-electron chi connectivity index (χ4n) is 2.02. The van der Waals surface area contributed by atoms with E-state index in [4.69, 9.17) is 0 Å². The van der Waals surface area contributed by atoms with E-state index in [1.165, 1.54) is 4.57 Å². The predicted molar refractivity (Wildman–Crippen MR) is 68.8 cm³/mol. The van der Waals surface area contributed by atoms with Crippen molar-refractivity contribution in [3.63, 3.8) is 0 Å². The second-order valence-corrected chi connectivity index (χ2v) is 5.03. The summed E-state index contributed by atoms with van der Waals surface area (Å²) in [6.45, 7) is 3.30. The maximum Gasteiger partial charge on any atom is 0.328 e. The van der Waals surface area contributed by atoms with Gasteiger partial charge in [-0.3, -0.25) is 13.9 Å². The molecule has 0 radical (unpaired) electrons. The molecule has 0 aliphatic carbocycles. The topological polar surface area (TPSA) is 64.2 Å². The Labute approximate surface area is 104 Å². The molecule has 0 saturated heterocycles. The van der Waals surface area contributed by atoms with Crippen LogP contribution in [-0.2, 0) is 24.3 Å². The molecule has 5 heteroatoms. The predicted octanol–water partition coefficient (Wildman–Crippen LogP) is 1.24. The lowest BCUT2D eigenvalue weighted by Crippen LogP contribution is -2.28. The number of carboxylic acids is 1. The smallest absolute Gasteiger partial charge is 0.328 e. The number of carbonyl (C=O) groups is 1. The Kier molecular flexibility index (Phi) is 2.57. The van der Waals surface area contributed by atoms with Crippen LogP contribution in [0, 0.1) is 0 Å². The van der Waals surface area contributed by atoms with Gasteiger partial charge in [-0.2, -0.15) is 0 Å². The zero-order valence-electron chi connectivity index (χ0n) is 10.9. The number of fused-ring (bicyclic) bond motifs is 1. The second kappa shape index (κ2) is 3.73. The van der Waals surface area contributed by atoms with Gasteiger partial charge in [0.15, 0.2) is 0 Å². The number of aromatic nitrogens is 2. The number of carboxylic acid groups (broad SMARTS) is 1. The molecule has 0 saturated carbocycles. The number of aliphatic carboxylic acids is 1. The molecule has 0 spiro atoms.